The Kier molecular flexibility index (Phi) is 42.7. The van der Waals surface area contributed by atoms with Crippen LogP contribution in [0.15, 0.2) is 0 Å². The van der Waals surface area contributed by atoms with Gasteiger partial charge in [-0.25, -0.2) is 0 Å². The topological polar surface area (TPSA) is 86.2 Å². The molecule has 46 valence electrons. The molecular weight excluding hydrogens is 184 g/mol. The SMILES string of the molecule is O=P([O-])([O-])[O-].[F-].[Fe+2].[Li+].[Li+]. The minimum absolute atomic E-state index is 0. The van der Waals surface area contributed by atoms with Gasteiger partial charge in [-0.1, -0.05) is 0 Å². The summed E-state index contributed by atoms with van der Waals surface area (Å²) in [5, 5.41) is 0. The van der Waals surface area contributed by atoms with Crippen molar-refractivity contribution in [1.82, 2.24) is 0 Å². The summed E-state index contributed by atoms with van der Waals surface area (Å²) in [7, 11) is -5.39. The summed E-state index contributed by atoms with van der Waals surface area (Å²) >= 11 is 0. The van der Waals surface area contributed by atoms with Gasteiger partial charge in [-0.05, 0) is 0 Å². The maximum Gasteiger partial charge on any atom is 2.00 e. The van der Waals surface area contributed by atoms with E-state index in [9.17, 15) is 0 Å². The smallest absolute Gasteiger partial charge is 1.00 e. The first-order valence-electron chi connectivity index (χ1n) is 0.730. The predicted molar refractivity (Wildman–Crippen MR) is 7.61 cm³/mol. The van der Waals surface area contributed by atoms with E-state index in [1.165, 1.54) is 0 Å². The summed E-state index contributed by atoms with van der Waals surface area (Å²) in [6.45, 7) is 0. The van der Waals surface area contributed by atoms with E-state index in [4.69, 9.17) is 19.2 Å². The van der Waals surface area contributed by atoms with E-state index >= 15 is 0 Å². The van der Waals surface area contributed by atoms with Gasteiger partial charge in [0.1, 0.15) is 0 Å². The number of hydrogen-bond donors (Lipinski definition) is 0. The number of hydrogen-bond acceptors (Lipinski definition) is 4. The number of phosphoric acid groups is 1. The van der Waals surface area contributed by atoms with Gasteiger partial charge < -0.3 is 23.9 Å². The van der Waals surface area contributed by atoms with E-state index in [-0.39, 0.29) is 59.5 Å². The van der Waals surface area contributed by atoms with E-state index in [0.717, 1.165) is 0 Å². The predicted octanol–water partition coefficient (Wildman–Crippen LogP) is -11.8. The zero-order valence-electron chi connectivity index (χ0n) is 4.81. The molecule has 4 nitrogen and oxygen atoms in total. The standard InChI is InChI=1S/FH.Fe.2Li.H3O4P/c;;;;1-5(2,3)4/h1H;;;;(H3,1,2,3,4)/q;+2;2*+1;/p-4. The van der Waals surface area contributed by atoms with Crippen LogP contribution in [-0.2, 0) is 21.6 Å². The third-order valence-corrected chi connectivity index (χ3v) is 0. The first-order valence-corrected chi connectivity index (χ1v) is 2.19. The Morgan fingerprint density at radius 3 is 1.00 bits per heavy atom. The van der Waals surface area contributed by atoms with Gasteiger partial charge in [0.2, 0.25) is 0 Å². The van der Waals surface area contributed by atoms with Crippen LogP contribution in [0.5, 0.6) is 0 Å². The average Bonchev–Trinajstić information content (AvgIpc) is 0.722. The quantitative estimate of drug-likeness (QED) is 0.276. The van der Waals surface area contributed by atoms with Crippen LogP contribution in [-0.4, -0.2) is 0 Å². The Morgan fingerprint density at radius 1 is 1.00 bits per heavy atom. The third kappa shape index (κ3) is 191. The summed E-state index contributed by atoms with van der Waals surface area (Å²) in [6.07, 6.45) is 0. The summed E-state index contributed by atoms with van der Waals surface area (Å²) in [5.41, 5.74) is 0. The largest absolute Gasteiger partial charge is 2.00 e. The minimum atomic E-state index is -5.39. The van der Waals surface area contributed by atoms with Crippen molar-refractivity contribution >= 4 is 7.82 Å². The molecule has 0 saturated heterocycles. The second-order valence-corrected chi connectivity index (χ2v) is 1.34. The second kappa shape index (κ2) is 12.4. The van der Waals surface area contributed by atoms with E-state index in [1.54, 1.807) is 0 Å². The molecule has 0 aromatic rings. The zero-order valence-corrected chi connectivity index (χ0v) is 6.81. The third-order valence-electron chi connectivity index (χ3n) is 0. The van der Waals surface area contributed by atoms with Crippen molar-refractivity contribution in [1.29, 1.82) is 0 Å². The summed E-state index contributed by atoms with van der Waals surface area (Å²) in [6, 6.07) is 0. The Hall–Kier alpha value is 1.75. The zero-order chi connectivity index (χ0) is 4.50. The van der Waals surface area contributed by atoms with E-state index in [1.807, 2.05) is 0 Å². The van der Waals surface area contributed by atoms with Crippen molar-refractivity contribution in [3.63, 3.8) is 0 Å². The minimum Gasteiger partial charge on any atom is -1.00 e. The van der Waals surface area contributed by atoms with Gasteiger partial charge in [0.05, 0.1) is 0 Å². The van der Waals surface area contributed by atoms with E-state index < -0.39 is 7.82 Å². The fourth-order valence-corrected chi connectivity index (χ4v) is 0. The molecule has 0 aliphatic rings. The molecule has 0 amide bonds. The Labute approximate surface area is 86.2 Å². The van der Waals surface area contributed by atoms with Gasteiger partial charge in [-0.15, -0.1) is 0 Å². The van der Waals surface area contributed by atoms with Crippen LogP contribution in [0, 0.1) is 0 Å². The van der Waals surface area contributed by atoms with Gasteiger partial charge >= 0.3 is 54.8 Å². The van der Waals surface area contributed by atoms with Crippen LogP contribution in [0.25, 0.3) is 0 Å². The molecule has 0 spiro atoms. The molecule has 9 heteroatoms. The van der Waals surface area contributed by atoms with Crippen molar-refractivity contribution in [2.45, 2.75) is 0 Å². The summed E-state index contributed by atoms with van der Waals surface area (Å²) in [5.74, 6) is 0. The van der Waals surface area contributed by atoms with E-state index in [2.05, 4.69) is 0 Å². The van der Waals surface area contributed by atoms with Gasteiger partial charge in [0.25, 0.3) is 0 Å². The second-order valence-electron chi connectivity index (χ2n) is 0.447. The van der Waals surface area contributed by atoms with Gasteiger partial charge in [0.15, 0.2) is 0 Å². The van der Waals surface area contributed by atoms with Crippen LogP contribution in [0.4, 0.5) is 0 Å². The molecule has 0 heterocycles. The van der Waals surface area contributed by atoms with Crippen LogP contribution in [0.3, 0.4) is 0 Å². The molecule has 0 aliphatic heterocycles. The Bertz CT molecular complexity index is 64.7. The molecule has 0 radical (unpaired) electrons. The molecule has 0 aliphatic carbocycles. The van der Waals surface area contributed by atoms with Gasteiger partial charge in [-0.2, -0.15) is 7.82 Å². The molecule has 0 atom stereocenters. The molecule has 0 bridgehead atoms. The van der Waals surface area contributed by atoms with Crippen molar-refractivity contribution in [2.24, 2.45) is 0 Å². The number of halogens is 1. The molecule has 0 N–H and O–H groups in total. The fourth-order valence-electron chi connectivity index (χ4n) is 0. The van der Waals surface area contributed by atoms with Gasteiger partial charge in [0, 0.05) is 0 Å². The first-order chi connectivity index (χ1) is 2.00. The van der Waals surface area contributed by atoms with Crippen molar-refractivity contribution in [2.75, 3.05) is 0 Å². The molecule has 0 aromatic heterocycles. The average molecular weight is 184 g/mol. The molecule has 0 saturated carbocycles. The first kappa shape index (κ1) is 30.9. The Morgan fingerprint density at radius 2 is 1.00 bits per heavy atom. The molecule has 9 heavy (non-hydrogen) atoms. The monoisotopic (exact) mass is 184 g/mol. The maximum absolute atomic E-state index is 8.55. The molecule has 0 aromatic carbocycles. The summed E-state index contributed by atoms with van der Waals surface area (Å²) < 4.78 is 8.55. The van der Waals surface area contributed by atoms with Crippen LogP contribution in [0.1, 0.15) is 0 Å². The van der Waals surface area contributed by atoms with Gasteiger partial charge in [-0.3, -0.25) is 0 Å². The van der Waals surface area contributed by atoms with Crippen molar-refractivity contribution < 1.29 is 78.7 Å². The maximum atomic E-state index is 8.55. The number of rotatable bonds is 0. The molecule has 0 unspecified atom stereocenters. The van der Waals surface area contributed by atoms with Crippen LogP contribution < -0.4 is 57.1 Å². The van der Waals surface area contributed by atoms with Crippen LogP contribution >= 0.6 is 7.82 Å². The van der Waals surface area contributed by atoms with Crippen molar-refractivity contribution in [3.8, 4) is 0 Å². The van der Waals surface area contributed by atoms with Crippen LogP contribution in [0.2, 0.25) is 0 Å². The fraction of sp³-hybridized carbons (Fsp3) is 0. The Balaban J connectivity index is -0.0000000133. The summed E-state index contributed by atoms with van der Waals surface area (Å²) in [4.78, 5) is 25.6. The molecule has 0 rings (SSSR count). The molecule has 0 fully saturated rings. The molecular formula is FFeLi2O4P. The normalized spacial score (nSPS) is 6.56. The van der Waals surface area contributed by atoms with Crippen molar-refractivity contribution in [3.05, 3.63) is 0 Å². The van der Waals surface area contributed by atoms with E-state index in [0.29, 0.717) is 0 Å².